The lowest BCUT2D eigenvalue weighted by Gasteiger charge is -2.21. The van der Waals surface area contributed by atoms with Gasteiger partial charge in [0.15, 0.2) is 0 Å². The molecule has 1 atom stereocenters. The quantitative estimate of drug-likeness (QED) is 0.793. The van der Waals surface area contributed by atoms with Crippen molar-refractivity contribution in [1.29, 1.82) is 0 Å². The fourth-order valence-corrected chi connectivity index (χ4v) is 3.31. The van der Waals surface area contributed by atoms with Gasteiger partial charge in [-0.3, -0.25) is 0 Å². The van der Waals surface area contributed by atoms with Crippen LogP contribution in [0.3, 0.4) is 0 Å². The number of benzene rings is 1. The Kier molecular flexibility index (Phi) is 3.99. The third-order valence-electron chi connectivity index (χ3n) is 4.59. The molecule has 1 heteroatoms. The van der Waals surface area contributed by atoms with Crippen LogP contribution >= 0.6 is 0 Å². The van der Waals surface area contributed by atoms with Gasteiger partial charge in [0, 0.05) is 12.6 Å². The van der Waals surface area contributed by atoms with Crippen LogP contribution in [0.1, 0.15) is 56.4 Å². The Morgan fingerprint density at radius 1 is 1.00 bits per heavy atom. The molecule has 2 saturated carbocycles. The molecule has 2 aliphatic carbocycles. The summed E-state index contributed by atoms with van der Waals surface area (Å²) in [7, 11) is 0. The molecule has 0 amide bonds. The molecule has 3 rings (SSSR count). The molecular formula is C17H25N. The van der Waals surface area contributed by atoms with Gasteiger partial charge in [-0.2, -0.15) is 0 Å². The lowest BCUT2D eigenvalue weighted by atomic mass is 9.88. The topological polar surface area (TPSA) is 12.0 Å². The highest BCUT2D eigenvalue weighted by Gasteiger charge is 2.25. The first-order chi connectivity index (χ1) is 8.92. The lowest BCUT2D eigenvalue weighted by molar-refractivity contribution is 0.426. The summed E-state index contributed by atoms with van der Waals surface area (Å²) >= 11 is 0. The molecule has 0 aliphatic heterocycles. The van der Waals surface area contributed by atoms with Gasteiger partial charge in [0.25, 0.3) is 0 Å². The maximum Gasteiger partial charge on any atom is 0.00684 e. The van der Waals surface area contributed by atoms with Crippen LogP contribution in [0.2, 0.25) is 0 Å². The van der Waals surface area contributed by atoms with Gasteiger partial charge in [-0.05, 0) is 36.7 Å². The molecule has 2 aliphatic rings. The van der Waals surface area contributed by atoms with E-state index in [-0.39, 0.29) is 0 Å². The SMILES string of the molecule is c1ccc(C(CNC2CC2)CC2CCCC2)cc1. The van der Waals surface area contributed by atoms with E-state index < -0.39 is 0 Å². The van der Waals surface area contributed by atoms with Gasteiger partial charge in [0.2, 0.25) is 0 Å². The first-order valence-electron chi connectivity index (χ1n) is 7.70. The zero-order valence-corrected chi connectivity index (χ0v) is 11.3. The van der Waals surface area contributed by atoms with E-state index in [9.17, 15) is 0 Å². The first kappa shape index (κ1) is 12.2. The average molecular weight is 243 g/mol. The lowest BCUT2D eigenvalue weighted by Crippen LogP contribution is -2.24. The van der Waals surface area contributed by atoms with Crippen molar-refractivity contribution in [1.82, 2.24) is 5.32 Å². The van der Waals surface area contributed by atoms with E-state index >= 15 is 0 Å². The van der Waals surface area contributed by atoms with Crippen LogP contribution in [0.5, 0.6) is 0 Å². The van der Waals surface area contributed by atoms with Crippen molar-refractivity contribution in [3.8, 4) is 0 Å². The maximum absolute atomic E-state index is 3.73. The Morgan fingerprint density at radius 2 is 1.72 bits per heavy atom. The standard InChI is InChI=1S/C17H25N/c1-2-8-15(9-3-1)16(13-18-17-10-11-17)12-14-6-4-5-7-14/h1-3,8-9,14,16-18H,4-7,10-13H2. The summed E-state index contributed by atoms with van der Waals surface area (Å²) in [5, 5.41) is 3.73. The number of hydrogen-bond acceptors (Lipinski definition) is 1. The molecule has 0 bridgehead atoms. The number of nitrogens with one attached hydrogen (secondary N) is 1. The van der Waals surface area contributed by atoms with E-state index in [4.69, 9.17) is 0 Å². The summed E-state index contributed by atoms with van der Waals surface area (Å²) < 4.78 is 0. The van der Waals surface area contributed by atoms with Crippen molar-refractivity contribution in [3.63, 3.8) is 0 Å². The van der Waals surface area contributed by atoms with E-state index in [1.165, 1.54) is 57.1 Å². The zero-order valence-electron chi connectivity index (χ0n) is 11.3. The zero-order chi connectivity index (χ0) is 12.2. The summed E-state index contributed by atoms with van der Waals surface area (Å²) in [4.78, 5) is 0. The Labute approximate surface area is 111 Å². The Balaban J connectivity index is 1.61. The largest absolute Gasteiger partial charge is 0.313 e. The molecule has 1 aromatic rings. The van der Waals surface area contributed by atoms with E-state index in [0.29, 0.717) is 0 Å². The molecule has 1 N–H and O–H groups in total. The highest BCUT2D eigenvalue weighted by Crippen LogP contribution is 2.34. The molecule has 1 unspecified atom stereocenters. The van der Waals surface area contributed by atoms with Crippen molar-refractivity contribution in [3.05, 3.63) is 35.9 Å². The molecule has 98 valence electrons. The van der Waals surface area contributed by atoms with Crippen LogP contribution in [-0.2, 0) is 0 Å². The van der Waals surface area contributed by atoms with E-state index in [2.05, 4.69) is 35.6 Å². The van der Waals surface area contributed by atoms with Crippen molar-refractivity contribution in [2.75, 3.05) is 6.54 Å². The second-order valence-corrected chi connectivity index (χ2v) is 6.18. The summed E-state index contributed by atoms with van der Waals surface area (Å²) in [6.45, 7) is 1.19. The van der Waals surface area contributed by atoms with Crippen molar-refractivity contribution >= 4 is 0 Å². The second kappa shape index (κ2) is 5.88. The van der Waals surface area contributed by atoms with Gasteiger partial charge in [0.05, 0.1) is 0 Å². The number of rotatable bonds is 6. The van der Waals surface area contributed by atoms with Crippen molar-refractivity contribution in [2.45, 2.75) is 56.9 Å². The fraction of sp³-hybridized carbons (Fsp3) is 0.647. The van der Waals surface area contributed by atoms with Crippen LogP contribution in [0, 0.1) is 5.92 Å². The summed E-state index contributed by atoms with van der Waals surface area (Å²) in [5.41, 5.74) is 1.54. The molecule has 0 spiro atoms. The minimum absolute atomic E-state index is 0.731. The minimum Gasteiger partial charge on any atom is -0.313 e. The van der Waals surface area contributed by atoms with Gasteiger partial charge in [-0.1, -0.05) is 56.0 Å². The molecule has 0 aromatic heterocycles. The Morgan fingerprint density at radius 3 is 2.39 bits per heavy atom. The predicted octanol–water partition coefficient (Wildman–Crippen LogP) is 4.10. The molecule has 1 nitrogen and oxygen atoms in total. The Bertz CT molecular complexity index is 349. The maximum atomic E-state index is 3.73. The van der Waals surface area contributed by atoms with Crippen LogP contribution in [-0.4, -0.2) is 12.6 Å². The average Bonchev–Trinajstić information content (AvgIpc) is 3.11. The van der Waals surface area contributed by atoms with Gasteiger partial charge in [-0.15, -0.1) is 0 Å². The molecule has 1 aromatic carbocycles. The molecule has 0 heterocycles. The normalized spacial score (nSPS) is 22.2. The fourth-order valence-electron chi connectivity index (χ4n) is 3.31. The van der Waals surface area contributed by atoms with Crippen LogP contribution in [0.4, 0.5) is 0 Å². The highest BCUT2D eigenvalue weighted by molar-refractivity contribution is 5.20. The molecule has 0 saturated heterocycles. The third-order valence-corrected chi connectivity index (χ3v) is 4.59. The van der Waals surface area contributed by atoms with Crippen LogP contribution < -0.4 is 5.32 Å². The highest BCUT2D eigenvalue weighted by atomic mass is 14.9. The van der Waals surface area contributed by atoms with Crippen LogP contribution in [0.15, 0.2) is 30.3 Å². The molecule has 2 fully saturated rings. The smallest absolute Gasteiger partial charge is 0.00684 e. The van der Waals surface area contributed by atoms with Crippen molar-refractivity contribution < 1.29 is 0 Å². The van der Waals surface area contributed by atoms with E-state index in [1.807, 2.05) is 0 Å². The monoisotopic (exact) mass is 243 g/mol. The van der Waals surface area contributed by atoms with Gasteiger partial charge in [0.1, 0.15) is 0 Å². The molecule has 0 radical (unpaired) electrons. The Hall–Kier alpha value is -0.820. The molecule has 18 heavy (non-hydrogen) atoms. The van der Waals surface area contributed by atoms with Gasteiger partial charge >= 0.3 is 0 Å². The summed E-state index contributed by atoms with van der Waals surface area (Å²) in [5.74, 6) is 1.71. The van der Waals surface area contributed by atoms with Crippen LogP contribution in [0.25, 0.3) is 0 Å². The van der Waals surface area contributed by atoms with E-state index in [1.54, 1.807) is 0 Å². The third kappa shape index (κ3) is 3.35. The summed E-state index contributed by atoms with van der Waals surface area (Å²) in [6.07, 6.45) is 10.0. The summed E-state index contributed by atoms with van der Waals surface area (Å²) in [6, 6.07) is 12.0. The van der Waals surface area contributed by atoms with Crippen molar-refractivity contribution in [2.24, 2.45) is 5.92 Å². The van der Waals surface area contributed by atoms with Gasteiger partial charge < -0.3 is 5.32 Å². The minimum atomic E-state index is 0.731. The predicted molar refractivity (Wildman–Crippen MR) is 76.8 cm³/mol. The number of hydrogen-bond donors (Lipinski definition) is 1. The second-order valence-electron chi connectivity index (χ2n) is 6.18. The molecular weight excluding hydrogens is 218 g/mol. The van der Waals surface area contributed by atoms with E-state index in [0.717, 1.165) is 17.9 Å². The first-order valence-corrected chi connectivity index (χ1v) is 7.70. The van der Waals surface area contributed by atoms with Gasteiger partial charge in [-0.25, -0.2) is 0 Å².